The zero-order valence-electron chi connectivity index (χ0n) is 11.0. The van der Waals surface area contributed by atoms with Crippen molar-refractivity contribution in [3.05, 3.63) is 0 Å². The van der Waals surface area contributed by atoms with Crippen molar-refractivity contribution < 1.29 is 14.7 Å². The van der Waals surface area contributed by atoms with Gasteiger partial charge in [0.1, 0.15) is 0 Å². The van der Waals surface area contributed by atoms with Crippen molar-refractivity contribution >= 4 is 11.8 Å². The Kier molecular flexibility index (Phi) is 4.22. The number of nitrogens with zero attached hydrogens (tertiary/aromatic N) is 2. The third kappa shape index (κ3) is 2.83. The van der Waals surface area contributed by atoms with Crippen LogP contribution >= 0.6 is 0 Å². The molecule has 2 fully saturated rings. The van der Waals surface area contributed by atoms with Crippen molar-refractivity contribution in [1.82, 2.24) is 9.80 Å². The standard InChI is InChI=1S/C13H22N2O3/c1-2-12(17)14-6-5-10(9-14)13(18)15(7-8-16)11-3-4-11/h10-11,16H,2-9H2,1H3. The SMILES string of the molecule is CCC(=O)N1CCC(C(=O)N(CCO)C2CC2)C1. The van der Waals surface area contributed by atoms with Crippen LogP contribution in [0.5, 0.6) is 0 Å². The Morgan fingerprint density at radius 3 is 2.61 bits per heavy atom. The van der Waals surface area contributed by atoms with E-state index in [2.05, 4.69) is 0 Å². The first-order valence-electron chi connectivity index (χ1n) is 6.86. The molecule has 1 N–H and O–H groups in total. The van der Waals surface area contributed by atoms with Crippen molar-refractivity contribution in [3.8, 4) is 0 Å². The summed E-state index contributed by atoms with van der Waals surface area (Å²) in [5.74, 6) is 0.191. The zero-order chi connectivity index (χ0) is 13.1. The van der Waals surface area contributed by atoms with Crippen LogP contribution in [0.3, 0.4) is 0 Å². The van der Waals surface area contributed by atoms with Crippen LogP contribution in [0.15, 0.2) is 0 Å². The maximum Gasteiger partial charge on any atom is 0.227 e. The number of aliphatic hydroxyl groups is 1. The van der Waals surface area contributed by atoms with E-state index < -0.39 is 0 Å². The fourth-order valence-electron chi connectivity index (χ4n) is 2.61. The number of aliphatic hydroxyl groups excluding tert-OH is 1. The predicted octanol–water partition coefficient (Wildman–Crippen LogP) is 0.228. The molecule has 1 heterocycles. The molecule has 1 saturated carbocycles. The minimum atomic E-state index is -0.0624. The van der Waals surface area contributed by atoms with E-state index >= 15 is 0 Å². The Labute approximate surface area is 108 Å². The van der Waals surface area contributed by atoms with Gasteiger partial charge in [-0.1, -0.05) is 6.92 Å². The fraction of sp³-hybridized carbons (Fsp3) is 0.846. The minimum absolute atomic E-state index is 0.0204. The van der Waals surface area contributed by atoms with Crippen LogP contribution in [0.25, 0.3) is 0 Å². The first kappa shape index (κ1) is 13.3. The number of amides is 2. The molecule has 0 spiro atoms. The van der Waals surface area contributed by atoms with Gasteiger partial charge in [0.2, 0.25) is 11.8 Å². The van der Waals surface area contributed by atoms with Crippen LogP contribution in [-0.2, 0) is 9.59 Å². The molecule has 0 aromatic rings. The third-order valence-corrected chi connectivity index (χ3v) is 3.80. The summed E-state index contributed by atoms with van der Waals surface area (Å²) in [6, 6.07) is 0.334. The summed E-state index contributed by atoms with van der Waals surface area (Å²) >= 11 is 0. The normalized spacial score (nSPS) is 23.2. The van der Waals surface area contributed by atoms with Gasteiger partial charge >= 0.3 is 0 Å². The number of carbonyl (C=O) groups excluding carboxylic acids is 2. The fourth-order valence-corrected chi connectivity index (χ4v) is 2.61. The predicted molar refractivity (Wildman–Crippen MR) is 66.8 cm³/mol. The number of carbonyl (C=O) groups is 2. The van der Waals surface area contributed by atoms with Gasteiger partial charge in [0, 0.05) is 32.1 Å². The van der Waals surface area contributed by atoms with E-state index in [4.69, 9.17) is 5.11 Å². The van der Waals surface area contributed by atoms with Crippen LogP contribution in [0.1, 0.15) is 32.6 Å². The molecule has 2 rings (SSSR count). The topological polar surface area (TPSA) is 60.9 Å². The molecule has 2 amide bonds. The molecular weight excluding hydrogens is 232 g/mol. The van der Waals surface area contributed by atoms with Gasteiger partial charge < -0.3 is 14.9 Å². The second-order valence-electron chi connectivity index (χ2n) is 5.17. The van der Waals surface area contributed by atoms with Crippen LogP contribution in [0.4, 0.5) is 0 Å². The monoisotopic (exact) mass is 254 g/mol. The van der Waals surface area contributed by atoms with E-state index in [9.17, 15) is 9.59 Å². The van der Waals surface area contributed by atoms with Gasteiger partial charge in [-0.25, -0.2) is 0 Å². The highest BCUT2D eigenvalue weighted by Gasteiger charge is 2.38. The maximum absolute atomic E-state index is 12.4. The Bertz CT molecular complexity index is 328. The molecule has 0 bridgehead atoms. The lowest BCUT2D eigenvalue weighted by atomic mass is 10.1. The van der Waals surface area contributed by atoms with E-state index in [0.29, 0.717) is 32.1 Å². The summed E-state index contributed by atoms with van der Waals surface area (Å²) in [6.07, 6.45) is 3.37. The lowest BCUT2D eigenvalue weighted by Gasteiger charge is -2.25. The number of rotatable bonds is 5. The van der Waals surface area contributed by atoms with E-state index in [1.165, 1.54) is 0 Å². The van der Waals surface area contributed by atoms with E-state index in [1.807, 2.05) is 11.8 Å². The van der Waals surface area contributed by atoms with E-state index in [0.717, 1.165) is 19.3 Å². The Morgan fingerprint density at radius 1 is 1.33 bits per heavy atom. The van der Waals surface area contributed by atoms with Crippen molar-refractivity contribution in [3.63, 3.8) is 0 Å². The maximum atomic E-state index is 12.4. The van der Waals surface area contributed by atoms with E-state index in [-0.39, 0.29) is 24.3 Å². The summed E-state index contributed by atoms with van der Waals surface area (Å²) in [5.41, 5.74) is 0. The molecular formula is C13H22N2O3. The van der Waals surface area contributed by atoms with E-state index in [1.54, 1.807) is 4.90 Å². The molecule has 0 aromatic carbocycles. The summed E-state index contributed by atoms with van der Waals surface area (Å²) < 4.78 is 0. The molecule has 5 heteroatoms. The minimum Gasteiger partial charge on any atom is -0.395 e. The van der Waals surface area contributed by atoms with Crippen LogP contribution in [0, 0.1) is 5.92 Å². The molecule has 102 valence electrons. The van der Waals surface area contributed by atoms with Gasteiger partial charge in [-0.15, -0.1) is 0 Å². The molecule has 0 aromatic heterocycles. The van der Waals surface area contributed by atoms with Crippen molar-refractivity contribution in [2.75, 3.05) is 26.2 Å². The number of hydrogen-bond donors (Lipinski definition) is 1. The average Bonchev–Trinajstić information content (AvgIpc) is 3.10. The van der Waals surface area contributed by atoms with Gasteiger partial charge in [-0.2, -0.15) is 0 Å². The van der Waals surface area contributed by atoms with Crippen LogP contribution in [0.2, 0.25) is 0 Å². The van der Waals surface area contributed by atoms with Crippen LogP contribution < -0.4 is 0 Å². The van der Waals surface area contributed by atoms with Gasteiger partial charge in [0.05, 0.1) is 12.5 Å². The third-order valence-electron chi connectivity index (χ3n) is 3.80. The highest BCUT2D eigenvalue weighted by atomic mass is 16.3. The average molecular weight is 254 g/mol. The molecule has 1 saturated heterocycles. The first-order chi connectivity index (χ1) is 8.67. The van der Waals surface area contributed by atoms with Crippen molar-refractivity contribution in [2.45, 2.75) is 38.6 Å². The van der Waals surface area contributed by atoms with Crippen molar-refractivity contribution in [2.24, 2.45) is 5.92 Å². The van der Waals surface area contributed by atoms with Gasteiger partial charge in [-0.3, -0.25) is 9.59 Å². The molecule has 5 nitrogen and oxygen atoms in total. The highest BCUT2D eigenvalue weighted by molar-refractivity contribution is 5.82. The second-order valence-corrected chi connectivity index (χ2v) is 5.17. The lowest BCUT2D eigenvalue weighted by Crippen LogP contribution is -2.41. The number of likely N-dealkylation sites (tertiary alicyclic amines) is 1. The largest absolute Gasteiger partial charge is 0.395 e. The van der Waals surface area contributed by atoms with Gasteiger partial charge in [0.15, 0.2) is 0 Å². The molecule has 0 radical (unpaired) electrons. The molecule has 1 unspecified atom stereocenters. The lowest BCUT2D eigenvalue weighted by molar-refractivity contribution is -0.136. The zero-order valence-corrected chi connectivity index (χ0v) is 11.0. The Hall–Kier alpha value is -1.10. The molecule has 1 atom stereocenters. The molecule has 18 heavy (non-hydrogen) atoms. The molecule has 1 aliphatic carbocycles. The Morgan fingerprint density at radius 2 is 2.06 bits per heavy atom. The van der Waals surface area contributed by atoms with Gasteiger partial charge in [0.25, 0.3) is 0 Å². The quantitative estimate of drug-likeness (QED) is 0.764. The van der Waals surface area contributed by atoms with Crippen LogP contribution in [-0.4, -0.2) is 59.0 Å². The summed E-state index contributed by atoms with van der Waals surface area (Å²) in [7, 11) is 0. The Balaban J connectivity index is 1.91. The summed E-state index contributed by atoms with van der Waals surface area (Å²) in [5, 5.41) is 9.02. The second kappa shape index (κ2) is 5.69. The highest BCUT2D eigenvalue weighted by Crippen LogP contribution is 2.29. The molecule has 1 aliphatic heterocycles. The van der Waals surface area contributed by atoms with Gasteiger partial charge in [-0.05, 0) is 19.3 Å². The number of hydrogen-bond acceptors (Lipinski definition) is 3. The van der Waals surface area contributed by atoms with Crippen molar-refractivity contribution in [1.29, 1.82) is 0 Å². The first-order valence-corrected chi connectivity index (χ1v) is 6.86. The summed E-state index contributed by atoms with van der Waals surface area (Å²) in [4.78, 5) is 27.5. The summed E-state index contributed by atoms with van der Waals surface area (Å²) in [6.45, 7) is 3.55. The smallest absolute Gasteiger partial charge is 0.227 e. The molecule has 2 aliphatic rings.